The molecule has 0 unspecified atom stereocenters. The molecule has 0 amide bonds. The summed E-state index contributed by atoms with van der Waals surface area (Å²) in [5.41, 5.74) is 0. The van der Waals surface area contributed by atoms with E-state index in [2.05, 4.69) is 49.2 Å². The third kappa shape index (κ3) is 11.3. The van der Waals surface area contributed by atoms with Gasteiger partial charge in [0, 0.05) is 6.42 Å². The second-order valence-corrected chi connectivity index (χ2v) is 9.11. The van der Waals surface area contributed by atoms with Crippen molar-refractivity contribution < 1.29 is 4.57 Å². The van der Waals surface area contributed by atoms with Crippen LogP contribution in [0.4, 0.5) is 0 Å². The highest BCUT2D eigenvalue weighted by atomic mass is 15.2. The molecule has 2 nitrogen and oxygen atoms in total. The molecular formula is C26H51N2+. The average molecular weight is 392 g/mol. The van der Waals surface area contributed by atoms with Gasteiger partial charge in [0.1, 0.15) is 12.4 Å². The van der Waals surface area contributed by atoms with E-state index in [1.54, 1.807) is 5.82 Å². The molecule has 28 heavy (non-hydrogen) atoms. The van der Waals surface area contributed by atoms with E-state index in [1.807, 2.05) is 0 Å². The molecule has 0 aromatic carbocycles. The minimum absolute atomic E-state index is 0.574. The third-order valence-electron chi connectivity index (χ3n) is 6.10. The quantitative estimate of drug-likeness (QED) is 0.166. The summed E-state index contributed by atoms with van der Waals surface area (Å²) < 4.78 is 5.02. The van der Waals surface area contributed by atoms with Gasteiger partial charge in [0.05, 0.1) is 12.6 Å². The van der Waals surface area contributed by atoms with Gasteiger partial charge in [-0.15, -0.1) is 0 Å². The molecule has 0 aliphatic rings. The molecule has 1 aromatic rings. The molecule has 0 N–H and O–H groups in total. The van der Waals surface area contributed by atoms with Crippen LogP contribution < -0.4 is 4.57 Å². The molecule has 0 fully saturated rings. The van der Waals surface area contributed by atoms with E-state index in [0.29, 0.717) is 6.04 Å². The van der Waals surface area contributed by atoms with Gasteiger partial charge in [-0.05, 0) is 33.1 Å². The normalized spacial score (nSPS) is 11.6. The van der Waals surface area contributed by atoms with Gasteiger partial charge < -0.3 is 0 Å². The predicted octanol–water partition coefficient (Wildman–Crippen LogP) is 8.18. The number of rotatable bonds is 19. The lowest BCUT2D eigenvalue weighted by Crippen LogP contribution is -2.37. The molecule has 0 atom stereocenters. The van der Waals surface area contributed by atoms with Gasteiger partial charge in [0.25, 0.3) is 5.82 Å². The number of hydrogen-bond acceptors (Lipinski definition) is 0. The Morgan fingerprint density at radius 3 is 1.64 bits per heavy atom. The number of hydrogen-bond donors (Lipinski definition) is 0. The van der Waals surface area contributed by atoms with E-state index in [4.69, 9.17) is 0 Å². The molecule has 2 heteroatoms. The summed E-state index contributed by atoms with van der Waals surface area (Å²) in [7, 11) is 0. The number of aromatic nitrogens is 2. The number of nitrogens with zero attached hydrogens (tertiary/aromatic N) is 2. The zero-order valence-corrected chi connectivity index (χ0v) is 19.9. The van der Waals surface area contributed by atoms with Crippen LogP contribution in [0.15, 0.2) is 12.4 Å². The van der Waals surface area contributed by atoms with Crippen molar-refractivity contribution in [2.45, 2.75) is 149 Å². The monoisotopic (exact) mass is 391 g/mol. The van der Waals surface area contributed by atoms with Crippen LogP contribution in [0.5, 0.6) is 0 Å². The fourth-order valence-corrected chi connectivity index (χ4v) is 4.25. The average Bonchev–Trinajstić information content (AvgIpc) is 3.09. The molecule has 1 aromatic heterocycles. The third-order valence-corrected chi connectivity index (χ3v) is 6.10. The van der Waals surface area contributed by atoms with Crippen molar-refractivity contribution in [2.24, 2.45) is 0 Å². The fraction of sp³-hybridized carbons (Fsp3) is 0.885. The summed E-state index contributed by atoms with van der Waals surface area (Å²) in [5.74, 6) is 1.55. The van der Waals surface area contributed by atoms with E-state index in [-0.39, 0.29) is 0 Å². The zero-order valence-electron chi connectivity index (χ0n) is 19.9. The van der Waals surface area contributed by atoms with Gasteiger partial charge in [-0.25, -0.2) is 9.13 Å². The highest BCUT2D eigenvalue weighted by Crippen LogP contribution is 2.14. The molecule has 0 bridgehead atoms. The fourth-order valence-electron chi connectivity index (χ4n) is 4.25. The summed E-state index contributed by atoms with van der Waals surface area (Å²) in [6, 6.07) is 0.574. The van der Waals surface area contributed by atoms with Crippen LogP contribution in [0, 0.1) is 0 Å². The number of aryl methyl sites for hydroxylation is 1. The largest absolute Gasteiger partial charge is 0.256 e. The van der Waals surface area contributed by atoms with E-state index < -0.39 is 0 Å². The van der Waals surface area contributed by atoms with Gasteiger partial charge in [-0.3, -0.25) is 0 Å². The minimum Gasteiger partial charge on any atom is -0.234 e. The molecular weight excluding hydrogens is 340 g/mol. The molecule has 1 heterocycles. The van der Waals surface area contributed by atoms with E-state index >= 15 is 0 Å². The van der Waals surface area contributed by atoms with Crippen LogP contribution >= 0.6 is 0 Å². The molecule has 1 rings (SSSR count). The topological polar surface area (TPSA) is 8.81 Å². The second kappa shape index (κ2) is 17.1. The summed E-state index contributed by atoms with van der Waals surface area (Å²) >= 11 is 0. The SMILES string of the molecule is CCCCCCCCCCCCCCCc1n(C(C)C)cc[n+]1CCCCC. The Kier molecular flexibility index (Phi) is 15.4. The first-order chi connectivity index (χ1) is 13.7. The Hall–Kier alpha value is -0.790. The molecule has 0 radical (unpaired) electrons. The first-order valence-electron chi connectivity index (χ1n) is 12.8. The predicted molar refractivity (Wildman–Crippen MR) is 124 cm³/mol. The summed E-state index contributed by atoms with van der Waals surface area (Å²) in [4.78, 5) is 0. The van der Waals surface area contributed by atoms with Crippen molar-refractivity contribution in [1.82, 2.24) is 4.57 Å². The molecule has 0 aliphatic carbocycles. The maximum atomic E-state index is 2.52. The molecule has 0 saturated carbocycles. The van der Waals surface area contributed by atoms with Crippen molar-refractivity contribution >= 4 is 0 Å². The van der Waals surface area contributed by atoms with Crippen molar-refractivity contribution in [1.29, 1.82) is 0 Å². The van der Waals surface area contributed by atoms with E-state index in [0.717, 1.165) is 0 Å². The van der Waals surface area contributed by atoms with E-state index in [1.165, 1.54) is 116 Å². The van der Waals surface area contributed by atoms with Crippen LogP contribution in [0.25, 0.3) is 0 Å². The molecule has 0 saturated heterocycles. The Labute approximate surface area is 177 Å². The first-order valence-corrected chi connectivity index (χ1v) is 12.8. The van der Waals surface area contributed by atoms with Gasteiger partial charge in [0.15, 0.2) is 0 Å². The molecule has 0 spiro atoms. The van der Waals surface area contributed by atoms with Crippen LogP contribution in [0.1, 0.15) is 142 Å². The summed E-state index contributed by atoms with van der Waals surface area (Å²) in [6.07, 6.45) is 28.5. The van der Waals surface area contributed by atoms with Gasteiger partial charge in [0.2, 0.25) is 0 Å². The van der Waals surface area contributed by atoms with Crippen LogP contribution in [-0.4, -0.2) is 4.57 Å². The Bertz CT molecular complexity index is 461. The number of imidazole rings is 1. The van der Waals surface area contributed by atoms with E-state index in [9.17, 15) is 0 Å². The van der Waals surface area contributed by atoms with Crippen LogP contribution in [0.2, 0.25) is 0 Å². The Morgan fingerprint density at radius 2 is 1.14 bits per heavy atom. The highest BCUT2D eigenvalue weighted by molar-refractivity contribution is 4.86. The Morgan fingerprint density at radius 1 is 0.679 bits per heavy atom. The highest BCUT2D eigenvalue weighted by Gasteiger charge is 2.18. The maximum absolute atomic E-state index is 2.52. The lowest BCUT2D eigenvalue weighted by molar-refractivity contribution is -0.704. The minimum atomic E-state index is 0.574. The lowest BCUT2D eigenvalue weighted by Gasteiger charge is -2.08. The van der Waals surface area contributed by atoms with Crippen LogP contribution in [0.3, 0.4) is 0 Å². The van der Waals surface area contributed by atoms with Gasteiger partial charge in [-0.1, -0.05) is 97.3 Å². The van der Waals surface area contributed by atoms with Gasteiger partial charge in [-0.2, -0.15) is 0 Å². The summed E-state index contributed by atoms with van der Waals surface area (Å²) in [5, 5.41) is 0. The second-order valence-electron chi connectivity index (χ2n) is 9.11. The smallest absolute Gasteiger partial charge is 0.234 e. The van der Waals surface area contributed by atoms with Crippen molar-refractivity contribution in [3.05, 3.63) is 18.2 Å². The Balaban J connectivity index is 2.11. The van der Waals surface area contributed by atoms with Crippen molar-refractivity contribution in [2.75, 3.05) is 0 Å². The zero-order chi connectivity index (χ0) is 20.5. The molecule has 0 aliphatic heterocycles. The van der Waals surface area contributed by atoms with Crippen LogP contribution in [-0.2, 0) is 13.0 Å². The van der Waals surface area contributed by atoms with Crippen molar-refractivity contribution in [3.8, 4) is 0 Å². The standard InChI is InChI=1S/C26H51N2/c1-5-7-9-10-11-12-13-14-15-16-17-18-19-21-26-27(22-20-8-6-2)23-24-28(26)25(3)4/h23-25H,5-22H2,1-4H3/q+1. The molecule has 164 valence electrons. The van der Waals surface area contributed by atoms with Gasteiger partial charge >= 0.3 is 0 Å². The van der Waals surface area contributed by atoms with Crippen molar-refractivity contribution in [3.63, 3.8) is 0 Å². The first kappa shape index (κ1) is 25.2. The number of unbranched alkanes of at least 4 members (excludes halogenated alkanes) is 14. The maximum Gasteiger partial charge on any atom is 0.256 e. The lowest BCUT2D eigenvalue weighted by atomic mass is 10.0. The summed E-state index contributed by atoms with van der Waals surface area (Å²) in [6.45, 7) is 10.4.